The highest BCUT2D eigenvalue weighted by atomic mass is 35.5. The van der Waals surface area contributed by atoms with Gasteiger partial charge in [-0.2, -0.15) is 5.10 Å². The van der Waals surface area contributed by atoms with Crippen LogP contribution < -0.4 is 5.73 Å². The molecule has 0 fully saturated rings. The molecule has 2 aromatic heterocycles. The summed E-state index contributed by atoms with van der Waals surface area (Å²) in [4.78, 5) is 4.04. The maximum absolute atomic E-state index is 12.9. The highest BCUT2D eigenvalue weighted by molar-refractivity contribution is 6.30. The number of nitrogens with zero attached hydrogens (tertiary/aromatic N) is 3. The zero-order valence-electron chi connectivity index (χ0n) is 11.1. The summed E-state index contributed by atoms with van der Waals surface area (Å²) in [5.74, 6) is -0.379. The van der Waals surface area contributed by atoms with Gasteiger partial charge in [0.15, 0.2) is 0 Å². The molecule has 0 aromatic carbocycles. The van der Waals surface area contributed by atoms with Crippen LogP contribution in [0.2, 0.25) is 5.15 Å². The second-order valence-corrected chi connectivity index (χ2v) is 5.29. The van der Waals surface area contributed by atoms with Gasteiger partial charge in [-0.3, -0.25) is 9.67 Å². The fraction of sp³-hybridized carbons (Fsp3) is 0.385. The van der Waals surface area contributed by atoms with Gasteiger partial charge in [0.2, 0.25) is 0 Å². The van der Waals surface area contributed by atoms with Gasteiger partial charge in [-0.15, -0.1) is 0 Å². The summed E-state index contributed by atoms with van der Waals surface area (Å²) in [6, 6.07) is 2.94. The molecule has 19 heavy (non-hydrogen) atoms. The van der Waals surface area contributed by atoms with Gasteiger partial charge in [0.05, 0.1) is 23.1 Å². The summed E-state index contributed by atoms with van der Waals surface area (Å²) >= 11 is 6.20. The van der Waals surface area contributed by atoms with Crippen LogP contribution in [-0.4, -0.2) is 14.8 Å². The Morgan fingerprint density at radius 2 is 2.16 bits per heavy atom. The van der Waals surface area contributed by atoms with Crippen molar-refractivity contribution in [2.24, 2.45) is 12.8 Å². The van der Waals surface area contributed by atoms with E-state index in [-0.39, 0.29) is 5.82 Å². The Labute approximate surface area is 116 Å². The van der Waals surface area contributed by atoms with E-state index in [1.165, 1.54) is 6.07 Å². The average Bonchev–Trinajstić information content (AvgIpc) is 2.56. The standard InChI is InChI=1S/C13H16ClFN4/c1-8-10(12(14)19(3)18-8)6-13(2,16)11-5-4-9(15)7-17-11/h4-5,7H,6,16H2,1-3H3. The van der Waals surface area contributed by atoms with Crippen molar-refractivity contribution in [3.8, 4) is 0 Å². The third-order valence-corrected chi connectivity index (χ3v) is 3.60. The summed E-state index contributed by atoms with van der Waals surface area (Å²) < 4.78 is 14.5. The third-order valence-electron chi connectivity index (χ3n) is 3.13. The molecule has 0 saturated carbocycles. The van der Waals surface area contributed by atoms with Gasteiger partial charge >= 0.3 is 0 Å². The minimum atomic E-state index is -0.731. The Morgan fingerprint density at radius 1 is 1.47 bits per heavy atom. The van der Waals surface area contributed by atoms with Crippen molar-refractivity contribution in [1.29, 1.82) is 0 Å². The van der Waals surface area contributed by atoms with Crippen LogP contribution in [0.4, 0.5) is 4.39 Å². The topological polar surface area (TPSA) is 56.7 Å². The van der Waals surface area contributed by atoms with Crippen LogP contribution in [0.3, 0.4) is 0 Å². The van der Waals surface area contributed by atoms with E-state index in [0.717, 1.165) is 17.5 Å². The monoisotopic (exact) mass is 282 g/mol. The van der Waals surface area contributed by atoms with Crippen LogP contribution in [0.15, 0.2) is 18.3 Å². The molecule has 0 spiro atoms. The van der Waals surface area contributed by atoms with Crippen LogP contribution in [0.5, 0.6) is 0 Å². The van der Waals surface area contributed by atoms with E-state index in [0.29, 0.717) is 17.3 Å². The second-order valence-electron chi connectivity index (χ2n) is 4.93. The minimum absolute atomic E-state index is 0.379. The van der Waals surface area contributed by atoms with Crippen LogP contribution in [-0.2, 0) is 19.0 Å². The van der Waals surface area contributed by atoms with Gasteiger partial charge in [0.25, 0.3) is 0 Å². The van der Waals surface area contributed by atoms with E-state index < -0.39 is 5.54 Å². The quantitative estimate of drug-likeness (QED) is 0.940. The average molecular weight is 283 g/mol. The Balaban J connectivity index is 2.33. The number of aryl methyl sites for hydroxylation is 2. The number of halogens is 2. The number of rotatable bonds is 3. The van der Waals surface area contributed by atoms with Crippen molar-refractivity contribution in [2.75, 3.05) is 0 Å². The summed E-state index contributed by atoms with van der Waals surface area (Å²) in [5.41, 5.74) is 7.90. The molecule has 0 saturated heterocycles. The molecule has 0 aliphatic rings. The van der Waals surface area contributed by atoms with Gasteiger partial charge in [0, 0.05) is 19.0 Å². The molecule has 2 rings (SSSR count). The van der Waals surface area contributed by atoms with Crippen molar-refractivity contribution >= 4 is 11.6 Å². The van der Waals surface area contributed by atoms with E-state index in [2.05, 4.69) is 10.1 Å². The van der Waals surface area contributed by atoms with Gasteiger partial charge in [-0.1, -0.05) is 11.6 Å². The molecule has 0 aliphatic heterocycles. The molecule has 2 N–H and O–H groups in total. The molecule has 0 amide bonds. The fourth-order valence-corrected chi connectivity index (χ4v) is 2.29. The van der Waals surface area contributed by atoms with Gasteiger partial charge < -0.3 is 5.73 Å². The highest BCUT2D eigenvalue weighted by Crippen LogP contribution is 2.27. The van der Waals surface area contributed by atoms with E-state index in [9.17, 15) is 4.39 Å². The van der Waals surface area contributed by atoms with Gasteiger partial charge in [0.1, 0.15) is 11.0 Å². The Morgan fingerprint density at radius 3 is 2.63 bits per heavy atom. The molecule has 0 aliphatic carbocycles. The molecular formula is C13H16ClFN4. The largest absolute Gasteiger partial charge is 0.320 e. The normalized spacial score (nSPS) is 14.4. The van der Waals surface area contributed by atoms with E-state index >= 15 is 0 Å². The fourth-order valence-electron chi connectivity index (χ4n) is 2.05. The van der Waals surface area contributed by atoms with Crippen LogP contribution in [0.25, 0.3) is 0 Å². The molecule has 1 atom stereocenters. The summed E-state index contributed by atoms with van der Waals surface area (Å²) in [5, 5.41) is 4.82. The highest BCUT2D eigenvalue weighted by Gasteiger charge is 2.27. The first-order valence-corrected chi connectivity index (χ1v) is 6.28. The summed E-state index contributed by atoms with van der Waals surface area (Å²) in [6.45, 7) is 3.73. The number of nitrogens with two attached hydrogens (primary N) is 1. The zero-order valence-corrected chi connectivity index (χ0v) is 11.9. The lowest BCUT2D eigenvalue weighted by Crippen LogP contribution is -2.36. The molecule has 6 heteroatoms. The lowest BCUT2D eigenvalue weighted by Gasteiger charge is -2.24. The number of aromatic nitrogens is 3. The molecule has 2 heterocycles. The van der Waals surface area contributed by atoms with Crippen molar-refractivity contribution in [1.82, 2.24) is 14.8 Å². The van der Waals surface area contributed by atoms with Crippen molar-refractivity contribution in [2.45, 2.75) is 25.8 Å². The Bertz CT molecular complexity index is 589. The third kappa shape index (κ3) is 2.77. The molecule has 102 valence electrons. The van der Waals surface area contributed by atoms with Crippen molar-refractivity contribution in [3.05, 3.63) is 46.3 Å². The number of pyridine rings is 1. The molecular weight excluding hydrogens is 267 g/mol. The molecule has 0 radical (unpaired) electrons. The molecule has 1 unspecified atom stereocenters. The molecule has 4 nitrogen and oxygen atoms in total. The predicted molar refractivity (Wildman–Crippen MR) is 72.4 cm³/mol. The zero-order chi connectivity index (χ0) is 14.2. The number of hydrogen-bond donors (Lipinski definition) is 1. The van der Waals surface area contributed by atoms with Crippen molar-refractivity contribution in [3.63, 3.8) is 0 Å². The maximum Gasteiger partial charge on any atom is 0.141 e. The first-order valence-electron chi connectivity index (χ1n) is 5.90. The van der Waals surface area contributed by atoms with E-state index in [1.807, 2.05) is 13.8 Å². The smallest absolute Gasteiger partial charge is 0.141 e. The van der Waals surface area contributed by atoms with Crippen molar-refractivity contribution < 1.29 is 4.39 Å². The summed E-state index contributed by atoms with van der Waals surface area (Å²) in [7, 11) is 1.78. The van der Waals surface area contributed by atoms with Crippen LogP contribution in [0, 0.1) is 12.7 Å². The van der Waals surface area contributed by atoms with E-state index in [1.54, 1.807) is 17.8 Å². The first-order chi connectivity index (χ1) is 8.81. The van der Waals surface area contributed by atoms with Crippen LogP contribution >= 0.6 is 11.6 Å². The van der Waals surface area contributed by atoms with Gasteiger partial charge in [-0.05, 0) is 26.0 Å². The predicted octanol–water partition coefficient (Wildman–Crippen LogP) is 2.33. The van der Waals surface area contributed by atoms with Gasteiger partial charge in [-0.25, -0.2) is 4.39 Å². The SMILES string of the molecule is Cc1nn(C)c(Cl)c1CC(C)(N)c1ccc(F)cn1. The maximum atomic E-state index is 12.9. The molecule has 2 aromatic rings. The number of hydrogen-bond acceptors (Lipinski definition) is 3. The molecule has 0 bridgehead atoms. The summed E-state index contributed by atoms with van der Waals surface area (Å²) in [6.07, 6.45) is 1.66. The van der Waals surface area contributed by atoms with E-state index in [4.69, 9.17) is 17.3 Å². The second kappa shape index (κ2) is 4.90. The van der Waals surface area contributed by atoms with Crippen LogP contribution in [0.1, 0.15) is 23.9 Å². The lowest BCUT2D eigenvalue weighted by atomic mass is 9.90. The lowest BCUT2D eigenvalue weighted by molar-refractivity contribution is 0.471. The Hall–Kier alpha value is -1.46. The Kier molecular flexibility index (Phi) is 3.60. The minimum Gasteiger partial charge on any atom is -0.320 e. The first kappa shape index (κ1) is 14.0.